The lowest BCUT2D eigenvalue weighted by molar-refractivity contribution is -0.0247. The molecule has 0 aliphatic heterocycles. The lowest BCUT2D eigenvalue weighted by Gasteiger charge is -2.26. The van der Waals surface area contributed by atoms with E-state index in [-0.39, 0.29) is 0 Å². The Morgan fingerprint density at radius 3 is 0.773 bits per heavy atom. The van der Waals surface area contributed by atoms with Crippen LogP contribution in [0.1, 0.15) is 27.7 Å². The van der Waals surface area contributed by atoms with Gasteiger partial charge in [-0.15, -0.1) is 0 Å². The molecular weight excluding hydrogens is 328 g/mol. The Labute approximate surface area is 136 Å². The summed E-state index contributed by atoms with van der Waals surface area (Å²) in [6.45, 7) is 9.80. The van der Waals surface area contributed by atoms with E-state index in [1.54, 1.807) is 0 Å². The topological polar surface area (TPSA) is 73.8 Å². The quantitative estimate of drug-likeness (QED) is 0.486. The van der Waals surface area contributed by atoms with Crippen molar-refractivity contribution < 1.29 is 35.4 Å². The minimum atomic E-state index is -2.80. The molecule has 0 aromatic rings. The molecule has 136 valence electrons. The molecule has 0 aromatic heterocycles. The van der Waals surface area contributed by atoms with Gasteiger partial charge < -0.3 is 35.4 Å². The van der Waals surface area contributed by atoms with Crippen LogP contribution in [0.5, 0.6) is 0 Å². The van der Waals surface area contributed by atoms with Crippen LogP contribution < -0.4 is 0 Å². The van der Waals surface area contributed by atoms with E-state index in [0.717, 1.165) is 0 Å². The van der Waals surface area contributed by atoms with Crippen LogP contribution in [0, 0.1) is 0 Å². The van der Waals surface area contributed by atoms with Crippen LogP contribution >= 0.6 is 0 Å². The smallest absolute Gasteiger partial charge is 0.355 e. The van der Waals surface area contributed by atoms with Gasteiger partial charge in [0.15, 0.2) is 0 Å². The molecule has 0 atom stereocenters. The van der Waals surface area contributed by atoms with Gasteiger partial charge in [0.05, 0.1) is 0 Å². The van der Waals surface area contributed by atoms with Crippen molar-refractivity contribution >= 4 is 18.1 Å². The predicted octanol–water partition coefficient (Wildman–Crippen LogP) is 1.58. The van der Waals surface area contributed by atoms with E-state index in [1.807, 2.05) is 27.7 Å². The largest absolute Gasteiger partial charge is 0.679 e. The SMILES string of the molecule is CCO[Si](OCC)(OCC)OCC.CO[Si](OC)(OC)OC. The van der Waals surface area contributed by atoms with Crippen LogP contribution in [0.15, 0.2) is 0 Å². The summed E-state index contributed by atoms with van der Waals surface area (Å²) in [5.74, 6) is 0. The molecule has 0 amide bonds. The molecule has 0 spiro atoms. The lowest BCUT2D eigenvalue weighted by atomic mass is 10.9. The van der Waals surface area contributed by atoms with Gasteiger partial charge in [-0.25, -0.2) is 0 Å². The first-order valence-corrected chi connectivity index (χ1v) is 10.5. The Bertz CT molecular complexity index is 194. The van der Waals surface area contributed by atoms with Gasteiger partial charge in [-0.1, -0.05) is 0 Å². The molecule has 0 N–H and O–H groups in total. The second kappa shape index (κ2) is 14.7. The molecule has 0 fully saturated rings. The van der Waals surface area contributed by atoms with Gasteiger partial charge in [-0.2, -0.15) is 0 Å². The van der Waals surface area contributed by atoms with Gasteiger partial charge in [0, 0.05) is 54.9 Å². The first-order valence-electron chi connectivity index (χ1n) is 7.25. The van der Waals surface area contributed by atoms with E-state index >= 15 is 0 Å². The van der Waals surface area contributed by atoms with Crippen LogP contribution in [0.3, 0.4) is 0 Å². The molecule has 0 heterocycles. The van der Waals surface area contributed by atoms with Crippen molar-refractivity contribution in [2.45, 2.75) is 27.7 Å². The summed E-state index contributed by atoms with van der Waals surface area (Å²) in [6, 6.07) is 0. The molecule has 10 heteroatoms. The highest BCUT2D eigenvalue weighted by Crippen LogP contribution is 2.11. The van der Waals surface area contributed by atoms with Gasteiger partial charge in [0.1, 0.15) is 0 Å². The Balaban J connectivity index is 0. The second-order valence-electron chi connectivity index (χ2n) is 3.55. The normalized spacial score (nSPS) is 12.0. The van der Waals surface area contributed by atoms with Crippen LogP contribution in [0.25, 0.3) is 0 Å². The van der Waals surface area contributed by atoms with Crippen molar-refractivity contribution in [1.82, 2.24) is 0 Å². The molecule has 0 aromatic carbocycles. The van der Waals surface area contributed by atoms with Gasteiger partial charge in [-0.05, 0) is 27.7 Å². The van der Waals surface area contributed by atoms with Crippen LogP contribution in [-0.2, 0) is 35.4 Å². The third-order valence-electron chi connectivity index (χ3n) is 2.28. The molecule has 0 aliphatic carbocycles. The minimum absolute atomic E-state index is 0.548. The maximum absolute atomic E-state index is 5.42. The van der Waals surface area contributed by atoms with E-state index in [1.165, 1.54) is 28.4 Å². The third kappa shape index (κ3) is 9.30. The second-order valence-corrected chi connectivity index (χ2v) is 8.34. The lowest BCUT2D eigenvalue weighted by Crippen LogP contribution is -2.49. The molecule has 0 rings (SSSR count). The Hall–Kier alpha value is 0.114. The average Bonchev–Trinajstić information content (AvgIpc) is 2.52. The fourth-order valence-electron chi connectivity index (χ4n) is 1.46. The monoisotopic (exact) mass is 360 g/mol. The van der Waals surface area contributed by atoms with E-state index in [9.17, 15) is 0 Å². The maximum Gasteiger partial charge on any atom is 0.679 e. The Morgan fingerprint density at radius 1 is 0.455 bits per heavy atom. The van der Waals surface area contributed by atoms with Crippen molar-refractivity contribution in [3.63, 3.8) is 0 Å². The van der Waals surface area contributed by atoms with Crippen LogP contribution in [-0.4, -0.2) is 73.0 Å². The highest BCUT2D eigenvalue weighted by atomic mass is 28.4. The molecule has 8 nitrogen and oxygen atoms in total. The minimum Gasteiger partial charge on any atom is -0.355 e. The summed E-state index contributed by atoms with van der Waals surface area (Å²) in [4.78, 5) is 0. The maximum atomic E-state index is 5.42. The highest BCUT2D eigenvalue weighted by molar-refractivity contribution is 6.53. The summed E-state index contributed by atoms with van der Waals surface area (Å²) in [7, 11) is 0.468. The zero-order chi connectivity index (χ0) is 17.5. The summed E-state index contributed by atoms with van der Waals surface area (Å²) in [5.41, 5.74) is 0. The average molecular weight is 361 g/mol. The molecule has 0 saturated heterocycles. The fraction of sp³-hybridized carbons (Fsp3) is 1.00. The molecule has 0 bridgehead atoms. The highest BCUT2D eigenvalue weighted by Gasteiger charge is 2.44. The number of rotatable bonds is 12. The third-order valence-corrected chi connectivity index (χ3v) is 6.85. The Morgan fingerprint density at radius 2 is 0.682 bits per heavy atom. The first-order chi connectivity index (χ1) is 10.5. The van der Waals surface area contributed by atoms with Crippen molar-refractivity contribution in [2.75, 3.05) is 54.9 Å². The zero-order valence-electron chi connectivity index (χ0n) is 15.1. The van der Waals surface area contributed by atoms with Crippen molar-refractivity contribution in [1.29, 1.82) is 0 Å². The summed E-state index contributed by atoms with van der Waals surface area (Å²) < 4.78 is 41.1. The van der Waals surface area contributed by atoms with Crippen molar-refractivity contribution in [3.05, 3.63) is 0 Å². The van der Waals surface area contributed by atoms with Crippen LogP contribution in [0.4, 0.5) is 0 Å². The van der Waals surface area contributed by atoms with Gasteiger partial charge in [0.2, 0.25) is 0 Å². The van der Waals surface area contributed by atoms with E-state index in [4.69, 9.17) is 35.4 Å². The molecular formula is C12H32O8Si2. The van der Waals surface area contributed by atoms with Crippen molar-refractivity contribution in [3.8, 4) is 0 Å². The Kier molecular flexibility index (Phi) is 16.3. The fourth-order valence-corrected chi connectivity index (χ4v) is 4.37. The van der Waals surface area contributed by atoms with Crippen molar-refractivity contribution in [2.24, 2.45) is 0 Å². The molecule has 22 heavy (non-hydrogen) atoms. The molecule has 0 unspecified atom stereocenters. The van der Waals surface area contributed by atoms with Crippen LogP contribution in [0.2, 0.25) is 0 Å². The zero-order valence-corrected chi connectivity index (χ0v) is 17.1. The summed E-state index contributed by atoms with van der Waals surface area (Å²) >= 11 is 0. The van der Waals surface area contributed by atoms with E-state index in [0.29, 0.717) is 26.4 Å². The molecule has 0 saturated carbocycles. The summed E-state index contributed by atoms with van der Waals surface area (Å²) in [6.07, 6.45) is 0. The number of hydrogen-bond acceptors (Lipinski definition) is 8. The molecule has 0 radical (unpaired) electrons. The van der Waals surface area contributed by atoms with E-state index in [2.05, 4.69) is 0 Å². The van der Waals surface area contributed by atoms with Gasteiger partial charge >= 0.3 is 18.1 Å². The number of hydrogen-bond donors (Lipinski definition) is 0. The predicted molar refractivity (Wildman–Crippen MR) is 86.0 cm³/mol. The standard InChI is InChI=1S/C8H20O4Si.C4H12O4Si/c1-5-9-13(10-6-2,11-7-3)12-8-4;1-5-9(6-2,7-3)8-4/h5-8H2,1-4H3;1-4H3. The first kappa shape index (κ1) is 24.4. The van der Waals surface area contributed by atoms with Gasteiger partial charge in [-0.3, -0.25) is 0 Å². The van der Waals surface area contributed by atoms with E-state index < -0.39 is 18.1 Å². The summed E-state index contributed by atoms with van der Waals surface area (Å²) in [5, 5.41) is 0. The van der Waals surface area contributed by atoms with Gasteiger partial charge in [0.25, 0.3) is 0 Å². The molecule has 0 aliphatic rings.